The zero-order chi connectivity index (χ0) is 12.8. The molecule has 98 valence electrons. The molecule has 0 aromatic heterocycles. The van der Waals surface area contributed by atoms with Gasteiger partial charge in [-0.1, -0.05) is 13.0 Å². The number of ether oxygens (including phenoxy) is 1. The molecule has 0 radical (unpaired) electrons. The van der Waals surface area contributed by atoms with Gasteiger partial charge in [0.05, 0.1) is 7.11 Å². The van der Waals surface area contributed by atoms with Gasteiger partial charge in [0.2, 0.25) is 0 Å². The van der Waals surface area contributed by atoms with Gasteiger partial charge in [-0.25, -0.2) is 4.39 Å². The third kappa shape index (κ3) is 2.01. The molecule has 2 nitrogen and oxygen atoms in total. The first kappa shape index (κ1) is 12.0. The van der Waals surface area contributed by atoms with Crippen molar-refractivity contribution in [3.63, 3.8) is 0 Å². The van der Waals surface area contributed by atoms with Crippen LogP contribution in [0, 0.1) is 11.7 Å². The van der Waals surface area contributed by atoms with Crippen molar-refractivity contribution in [1.29, 1.82) is 0 Å². The van der Waals surface area contributed by atoms with Crippen molar-refractivity contribution in [2.24, 2.45) is 5.92 Å². The second-order valence-electron chi connectivity index (χ2n) is 5.82. The molecule has 3 rings (SSSR count). The molecule has 1 aromatic rings. The summed E-state index contributed by atoms with van der Waals surface area (Å²) in [4.78, 5) is 0. The number of nitrogens with one attached hydrogen (secondary N) is 1. The Bertz CT molecular complexity index is 458. The molecule has 1 aromatic carbocycles. The minimum absolute atomic E-state index is 0.0570. The molecule has 0 saturated heterocycles. The first-order valence-corrected chi connectivity index (χ1v) is 6.71. The maximum Gasteiger partial charge on any atom is 0.130 e. The molecule has 2 unspecified atom stereocenters. The lowest BCUT2D eigenvalue weighted by molar-refractivity contribution is 0.395. The van der Waals surface area contributed by atoms with Crippen LogP contribution in [-0.2, 0) is 5.41 Å². The summed E-state index contributed by atoms with van der Waals surface area (Å²) in [5.41, 5.74) is 0.702. The Kier molecular flexibility index (Phi) is 2.81. The number of hydrogen-bond donors (Lipinski definition) is 1. The average Bonchev–Trinajstić information content (AvgIpc) is 3.24. The predicted molar refractivity (Wildman–Crippen MR) is 69.4 cm³/mol. The van der Waals surface area contributed by atoms with Gasteiger partial charge in [0.25, 0.3) is 0 Å². The van der Waals surface area contributed by atoms with Crippen molar-refractivity contribution in [3.8, 4) is 5.75 Å². The first-order chi connectivity index (χ1) is 8.65. The van der Waals surface area contributed by atoms with Crippen LogP contribution in [0.3, 0.4) is 0 Å². The van der Waals surface area contributed by atoms with Crippen LogP contribution in [0.4, 0.5) is 4.39 Å². The van der Waals surface area contributed by atoms with Crippen LogP contribution in [0.15, 0.2) is 18.2 Å². The van der Waals surface area contributed by atoms with Crippen molar-refractivity contribution in [1.82, 2.24) is 5.32 Å². The van der Waals surface area contributed by atoms with E-state index in [-0.39, 0.29) is 11.2 Å². The molecule has 3 heteroatoms. The summed E-state index contributed by atoms with van der Waals surface area (Å²) >= 11 is 0. The van der Waals surface area contributed by atoms with Gasteiger partial charge in [0.15, 0.2) is 0 Å². The Morgan fingerprint density at radius 1 is 1.44 bits per heavy atom. The molecule has 2 fully saturated rings. The zero-order valence-corrected chi connectivity index (χ0v) is 11.0. The molecule has 2 atom stereocenters. The third-order valence-corrected chi connectivity index (χ3v) is 4.41. The standard InChI is InChI=1S/C15H20FNO/c1-15(8-10(15)9-17-11-6-7-11)14-12(16)4-3-5-13(14)18-2/h3-5,10-11,17H,6-9H2,1-2H3. The van der Waals surface area contributed by atoms with Crippen LogP contribution >= 0.6 is 0 Å². The van der Waals surface area contributed by atoms with E-state index in [4.69, 9.17) is 4.74 Å². The average molecular weight is 249 g/mol. The van der Waals surface area contributed by atoms with E-state index in [2.05, 4.69) is 12.2 Å². The molecule has 0 amide bonds. The molecule has 0 spiro atoms. The second-order valence-corrected chi connectivity index (χ2v) is 5.82. The number of benzene rings is 1. The van der Waals surface area contributed by atoms with E-state index in [0.29, 0.717) is 11.7 Å². The monoisotopic (exact) mass is 249 g/mol. The van der Waals surface area contributed by atoms with Crippen LogP contribution in [0.1, 0.15) is 31.7 Å². The summed E-state index contributed by atoms with van der Waals surface area (Å²) in [5.74, 6) is 1.08. The highest BCUT2D eigenvalue weighted by atomic mass is 19.1. The highest BCUT2D eigenvalue weighted by Gasteiger charge is 2.53. The van der Waals surface area contributed by atoms with Crippen LogP contribution in [0.5, 0.6) is 5.75 Å². The Morgan fingerprint density at radius 2 is 2.22 bits per heavy atom. The summed E-state index contributed by atoms with van der Waals surface area (Å²) < 4.78 is 19.4. The van der Waals surface area contributed by atoms with Crippen molar-refractivity contribution in [2.75, 3.05) is 13.7 Å². The predicted octanol–water partition coefficient (Wildman–Crippen LogP) is 2.86. The Balaban J connectivity index is 1.77. The fourth-order valence-corrected chi connectivity index (χ4v) is 2.88. The molecular formula is C15H20FNO. The number of hydrogen-bond acceptors (Lipinski definition) is 2. The van der Waals surface area contributed by atoms with Gasteiger partial charge in [0.1, 0.15) is 11.6 Å². The molecule has 0 aliphatic heterocycles. The van der Waals surface area contributed by atoms with Gasteiger partial charge < -0.3 is 10.1 Å². The zero-order valence-electron chi connectivity index (χ0n) is 11.0. The van der Waals surface area contributed by atoms with Gasteiger partial charge in [-0.15, -0.1) is 0 Å². The van der Waals surface area contributed by atoms with Gasteiger partial charge in [0, 0.05) is 17.0 Å². The van der Waals surface area contributed by atoms with E-state index in [9.17, 15) is 4.39 Å². The Labute approximate surface area is 108 Å². The fourth-order valence-electron chi connectivity index (χ4n) is 2.88. The van der Waals surface area contributed by atoms with Crippen molar-refractivity contribution in [3.05, 3.63) is 29.6 Å². The number of halogens is 1. The normalized spacial score (nSPS) is 30.3. The lowest BCUT2D eigenvalue weighted by Crippen LogP contribution is -2.22. The minimum Gasteiger partial charge on any atom is -0.496 e. The largest absolute Gasteiger partial charge is 0.496 e. The van der Waals surface area contributed by atoms with Gasteiger partial charge in [-0.05, 0) is 43.9 Å². The molecule has 1 N–H and O–H groups in total. The molecule has 0 heterocycles. The summed E-state index contributed by atoms with van der Waals surface area (Å²) in [5, 5.41) is 3.54. The maximum absolute atomic E-state index is 14.1. The summed E-state index contributed by atoms with van der Waals surface area (Å²) in [6.45, 7) is 3.14. The lowest BCUT2D eigenvalue weighted by atomic mass is 9.93. The van der Waals surface area contributed by atoms with E-state index < -0.39 is 0 Å². The first-order valence-electron chi connectivity index (χ1n) is 6.71. The quantitative estimate of drug-likeness (QED) is 0.866. The molecule has 2 aliphatic rings. The van der Waals surface area contributed by atoms with E-state index in [1.165, 1.54) is 18.9 Å². The fraction of sp³-hybridized carbons (Fsp3) is 0.600. The SMILES string of the molecule is COc1cccc(F)c1C1(C)CC1CNC1CC1. The smallest absolute Gasteiger partial charge is 0.130 e. The molecular weight excluding hydrogens is 229 g/mol. The Hall–Kier alpha value is -1.09. The Morgan fingerprint density at radius 3 is 2.89 bits per heavy atom. The molecule has 2 saturated carbocycles. The maximum atomic E-state index is 14.1. The molecule has 18 heavy (non-hydrogen) atoms. The van der Waals surface area contributed by atoms with Crippen LogP contribution in [0.25, 0.3) is 0 Å². The minimum atomic E-state index is -0.134. The lowest BCUT2D eigenvalue weighted by Gasteiger charge is -2.17. The molecule has 2 aliphatic carbocycles. The van der Waals surface area contributed by atoms with E-state index in [0.717, 1.165) is 24.6 Å². The van der Waals surface area contributed by atoms with Crippen LogP contribution in [-0.4, -0.2) is 19.7 Å². The van der Waals surface area contributed by atoms with Gasteiger partial charge >= 0.3 is 0 Å². The summed E-state index contributed by atoms with van der Waals surface area (Å²) in [7, 11) is 1.61. The highest BCUT2D eigenvalue weighted by molar-refractivity contribution is 5.45. The van der Waals surface area contributed by atoms with E-state index >= 15 is 0 Å². The summed E-state index contributed by atoms with van der Waals surface area (Å²) in [6.07, 6.45) is 3.64. The van der Waals surface area contributed by atoms with Crippen molar-refractivity contribution >= 4 is 0 Å². The van der Waals surface area contributed by atoms with E-state index in [1.807, 2.05) is 6.07 Å². The third-order valence-electron chi connectivity index (χ3n) is 4.41. The number of methoxy groups -OCH3 is 1. The van der Waals surface area contributed by atoms with Crippen molar-refractivity contribution < 1.29 is 9.13 Å². The van der Waals surface area contributed by atoms with Gasteiger partial charge in [-0.2, -0.15) is 0 Å². The highest BCUT2D eigenvalue weighted by Crippen LogP contribution is 2.56. The number of rotatable bonds is 5. The molecule has 0 bridgehead atoms. The topological polar surface area (TPSA) is 21.3 Å². The van der Waals surface area contributed by atoms with Crippen LogP contribution < -0.4 is 10.1 Å². The van der Waals surface area contributed by atoms with E-state index in [1.54, 1.807) is 13.2 Å². The summed E-state index contributed by atoms with van der Waals surface area (Å²) in [6, 6.07) is 5.82. The van der Waals surface area contributed by atoms with Gasteiger partial charge in [-0.3, -0.25) is 0 Å². The van der Waals surface area contributed by atoms with Crippen LogP contribution in [0.2, 0.25) is 0 Å². The van der Waals surface area contributed by atoms with Crippen molar-refractivity contribution in [2.45, 2.75) is 37.6 Å². The second kappa shape index (κ2) is 4.23.